The summed E-state index contributed by atoms with van der Waals surface area (Å²) in [5.74, 6) is 0.747. The lowest BCUT2D eigenvalue weighted by atomic mass is 10.0. The second-order valence-corrected chi connectivity index (χ2v) is 10.7. The summed E-state index contributed by atoms with van der Waals surface area (Å²) < 4.78 is 40.5. The lowest BCUT2D eigenvalue weighted by molar-refractivity contribution is -0.120. The molecule has 4 aromatic carbocycles. The number of anilines is 2. The van der Waals surface area contributed by atoms with Gasteiger partial charge in [0.25, 0.3) is 0 Å². The van der Waals surface area contributed by atoms with Crippen LogP contribution in [0, 0.1) is 0 Å². The molecule has 0 fully saturated rings. The summed E-state index contributed by atoms with van der Waals surface area (Å²) in [5, 5.41) is 2.52. The molecule has 0 aliphatic rings. The number of carbonyl (C=O) groups excluding carboxylic acids is 2. The van der Waals surface area contributed by atoms with Crippen LogP contribution in [-0.4, -0.2) is 40.6 Å². The first-order valence-electron chi connectivity index (χ1n) is 13.1. The van der Waals surface area contributed by atoms with Crippen molar-refractivity contribution in [2.45, 2.75) is 19.1 Å². The smallest absolute Gasteiger partial charge is 0.330 e. The van der Waals surface area contributed by atoms with Gasteiger partial charge in [0.2, 0.25) is 5.91 Å². The van der Waals surface area contributed by atoms with Crippen molar-refractivity contribution in [3.05, 3.63) is 120 Å². The quantitative estimate of drug-likeness (QED) is 0.224. The summed E-state index contributed by atoms with van der Waals surface area (Å²) in [6, 6.07) is 29.7. The summed E-state index contributed by atoms with van der Waals surface area (Å²) in [4.78, 5) is 27.7. The van der Waals surface area contributed by atoms with E-state index in [1.165, 1.54) is 17.0 Å². The lowest BCUT2D eigenvalue weighted by Gasteiger charge is -2.25. The molecule has 42 heavy (non-hydrogen) atoms. The third-order valence-corrected chi connectivity index (χ3v) is 7.22. The fraction of sp³-hybridized carbons (Fsp3) is 0.161. The molecule has 0 saturated heterocycles. The van der Waals surface area contributed by atoms with E-state index in [9.17, 15) is 18.0 Å². The van der Waals surface area contributed by atoms with Crippen LogP contribution in [0.2, 0.25) is 0 Å². The van der Waals surface area contributed by atoms with Crippen molar-refractivity contribution in [2.24, 2.45) is 0 Å². The van der Waals surface area contributed by atoms with Crippen LogP contribution in [0.3, 0.4) is 0 Å². The van der Waals surface area contributed by atoms with Crippen molar-refractivity contribution in [2.75, 3.05) is 23.8 Å². The van der Waals surface area contributed by atoms with E-state index in [1.54, 1.807) is 50.6 Å². The number of likely N-dealkylation sites (N-methyl/N-ethyl adjacent to an activating group) is 1. The molecular weight excluding hydrogens is 556 g/mol. The van der Waals surface area contributed by atoms with Gasteiger partial charge < -0.3 is 19.7 Å². The molecule has 0 bridgehead atoms. The SMILES string of the molecule is COc1ccc(N(C)C(=O)C(Cc2ccccc2)NC(=O)NS(=O)(=O)Nc2ccc(OCc3ccccc3)cc2)cc1. The maximum Gasteiger partial charge on any atom is 0.330 e. The molecule has 4 rings (SSSR count). The number of rotatable bonds is 12. The zero-order valence-electron chi connectivity index (χ0n) is 23.2. The molecule has 218 valence electrons. The number of amides is 3. The second-order valence-electron chi connectivity index (χ2n) is 9.32. The summed E-state index contributed by atoms with van der Waals surface area (Å²) >= 11 is 0. The van der Waals surface area contributed by atoms with E-state index in [1.807, 2.05) is 65.4 Å². The Morgan fingerprint density at radius 3 is 1.95 bits per heavy atom. The third-order valence-electron chi connectivity index (χ3n) is 6.26. The highest BCUT2D eigenvalue weighted by Gasteiger charge is 2.27. The molecule has 11 heteroatoms. The van der Waals surface area contributed by atoms with Crippen LogP contribution in [0.15, 0.2) is 109 Å². The summed E-state index contributed by atoms with van der Waals surface area (Å²) in [5.41, 5.74) is 2.58. The number of methoxy groups -OCH3 is 1. The van der Waals surface area contributed by atoms with Crippen LogP contribution in [0.25, 0.3) is 0 Å². The van der Waals surface area contributed by atoms with Crippen molar-refractivity contribution >= 4 is 33.5 Å². The maximum atomic E-state index is 13.4. The Hall–Kier alpha value is -5.03. The van der Waals surface area contributed by atoms with Crippen LogP contribution in [0.5, 0.6) is 11.5 Å². The Morgan fingerprint density at radius 2 is 1.36 bits per heavy atom. The molecule has 0 saturated carbocycles. The molecule has 4 aromatic rings. The number of hydrogen-bond donors (Lipinski definition) is 3. The van der Waals surface area contributed by atoms with Gasteiger partial charge in [0.15, 0.2) is 0 Å². The van der Waals surface area contributed by atoms with E-state index in [2.05, 4.69) is 10.0 Å². The number of ether oxygens (including phenoxy) is 2. The van der Waals surface area contributed by atoms with E-state index in [0.717, 1.165) is 11.1 Å². The highest BCUT2D eigenvalue weighted by Crippen LogP contribution is 2.20. The van der Waals surface area contributed by atoms with Gasteiger partial charge in [-0.25, -0.2) is 9.52 Å². The van der Waals surface area contributed by atoms with E-state index >= 15 is 0 Å². The topological polar surface area (TPSA) is 126 Å². The Kier molecular flexibility index (Phi) is 10.0. The fourth-order valence-corrected chi connectivity index (χ4v) is 4.87. The van der Waals surface area contributed by atoms with Crippen molar-refractivity contribution < 1.29 is 27.5 Å². The van der Waals surface area contributed by atoms with Gasteiger partial charge in [-0.05, 0) is 59.7 Å². The van der Waals surface area contributed by atoms with Gasteiger partial charge in [-0.15, -0.1) is 0 Å². The number of nitrogens with zero attached hydrogens (tertiary/aromatic N) is 1. The van der Waals surface area contributed by atoms with E-state index < -0.39 is 28.2 Å². The molecule has 0 aliphatic carbocycles. The van der Waals surface area contributed by atoms with Crippen molar-refractivity contribution in [1.29, 1.82) is 0 Å². The van der Waals surface area contributed by atoms with Gasteiger partial charge in [-0.3, -0.25) is 9.52 Å². The largest absolute Gasteiger partial charge is 0.497 e. The molecule has 3 N–H and O–H groups in total. The second kappa shape index (κ2) is 14.0. The number of benzene rings is 4. The molecule has 0 heterocycles. The zero-order chi connectivity index (χ0) is 30.0. The van der Waals surface area contributed by atoms with E-state index in [0.29, 0.717) is 23.8 Å². The molecule has 1 atom stereocenters. The fourth-order valence-electron chi connectivity index (χ4n) is 4.07. The Balaban J connectivity index is 1.39. The molecule has 0 radical (unpaired) electrons. The first-order valence-corrected chi connectivity index (χ1v) is 14.5. The first kappa shape index (κ1) is 29.9. The monoisotopic (exact) mass is 588 g/mol. The number of urea groups is 1. The number of nitrogens with one attached hydrogen (secondary N) is 3. The Labute approximate surface area is 245 Å². The maximum absolute atomic E-state index is 13.4. The highest BCUT2D eigenvalue weighted by molar-refractivity contribution is 7.91. The average molecular weight is 589 g/mol. The standard InChI is InChI=1S/C31H32N4O6S/c1-35(26-15-19-27(40-2)20-16-26)30(36)29(21-23-9-5-3-6-10-23)32-31(37)34-42(38,39)33-25-13-17-28(18-14-25)41-22-24-11-7-4-8-12-24/h3-20,29,33H,21-22H2,1-2H3,(H2,32,34,37). The molecular formula is C31H32N4O6S. The van der Waals surface area contributed by atoms with Gasteiger partial charge >= 0.3 is 16.2 Å². The minimum absolute atomic E-state index is 0.144. The van der Waals surface area contributed by atoms with E-state index in [4.69, 9.17) is 9.47 Å². The van der Waals surface area contributed by atoms with Gasteiger partial charge in [-0.2, -0.15) is 8.42 Å². The molecule has 0 aliphatic heterocycles. The molecule has 3 amide bonds. The van der Waals surface area contributed by atoms with Gasteiger partial charge in [0.1, 0.15) is 24.1 Å². The van der Waals surface area contributed by atoms with Crippen LogP contribution >= 0.6 is 0 Å². The molecule has 0 spiro atoms. The molecule has 0 aromatic heterocycles. The highest BCUT2D eigenvalue weighted by atomic mass is 32.2. The summed E-state index contributed by atoms with van der Waals surface area (Å²) in [6.07, 6.45) is 0.144. The van der Waals surface area contributed by atoms with Crippen molar-refractivity contribution in [3.63, 3.8) is 0 Å². The normalized spacial score (nSPS) is 11.6. The number of hydrogen-bond acceptors (Lipinski definition) is 6. The number of carbonyl (C=O) groups is 2. The summed E-state index contributed by atoms with van der Waals surface area (Å²) in [6.45, 7) is 0.365. The van der Waals surface area contributed by atoms with Gasteiger partial charge in [0, 0.05) is 19.2 Å². The first-order chi connectivity index (χ1) is 20.2. The Morgan fingerprint density at radius 1 is 0.786 bits per heavy atom. The van der Waals surface area contributed by atoms with Gasteiger partial charge in [-0.1, -0.05) is 60.7 Å². The van der Waals surface area contributed by atoms with Crippen LogP contribution < -0.4 is 29.1 Å². The third kappa shape index (κ3) is 8.73. The molecule has 1 unspecified atom stereocenters. The minimum Gasteiger partial charge on any atom is -0.497 e. The predicted octanol–water partition coefficient (Wildman–Crippen LogP) is 4.50. The predicted molar refractivity (Wildman–Crippen MR) is 162 cm³/mol. The van der Waals surface area contributed by atoms with Crippen LogP contribution in [0.1, 0.15) is 11.1 Å². The molecule has 10 nitrogen and oxygen atoms in total. The van der Waals surface area contributed by atoms with Crippen LogP contribution in [-0.2, 0) is 28.0 Å². The van der Waals surface area contributed by atoms with Crippen molar-refractivity contribution in [1.82, 2.24) is 10.0 Å². The zero-order valence-corrected chi connectivity index (χ0v) is 24.0. The average Bonchev–Trinajstić information content (AvgIpc) is 3.00. The van der Waals surface area contributed by atoms with Crippen molar-refractivity contribution in [3.8, 4) is 11.5 Å². The minimum atomic E-state index is -4.32. The van der Waals surface area contributed by atoms with Gasteiger partial charge in [0.05, 0.1) is 12.8 Å². The van der Waals surface area contributed by atoms with E-state index in [-0.39, 0.29) is 12.1 Å². The summed E-state index contributed by atoms with van der Waals surface area (Å²) in [7, 11) is -1.20. The lowest BCUT2D eigenvalue weighted by Crippen LogP contribution is -2.53. The van der Waals surface area contributed by atoms with Crippen LogP contribution in [0.4, 0.5) is 16.2 Å². The Bertz CT molecular complexity index is 1570.